The number of rotatable bonds is 0. The van der Waals surface area contributed by atoms with Gasteiger partial charge >= 0.3 is 6.18 Å². The summed E-state index contributed by atoms with van der Waals surface area (Å²) in [5.74, 6) is 0. The topological polar surface area (TPSA) is 12.0 Å². The Morgan fingerprint density at radius 2 is 1.90 bits per heavy atom. The van der Waals surface area contributed by atoms with E-state index in [1.165, 1.54) is 0 Å². The molecule has 2 atom stereocenters. The number of alkyl halides is 4. The third kappa shape index (κ3) is 1.59. The van der Waals surface area contributed by atoms with E-state index >= 15 is 0 Å². The van der Waals surface area contributed by atoms with Crippen LogP contribution in [0, 0.1) is 0 Å². The van der Waals surface area contributed by atoms with Crippen LogP contribution in [0.1, 0.15) is 6.42 Å². The second kappa shape index (κ2) is 2.38. The molecule has 5 heteroatoms. The summed E-state index contributed by atoms with van der Waals surface area (Å²) in [5.41, 5.74) is 0. The van der Waals surface area contributed by atoms with Crippen molar-refractivity contribution in [3.8, 4) is 0 Å². The Balaban J connectivity index is 2.45. The molecule has 1 rings (SSSR count). The molecule has 1 aliphatic rings. The molecule has 1 fully saturated rings. The molecule has 1 nitrogen and oxygen atoms in total. The van der Waals surface area contributed by atoms with E-state index < -0.39 is 24.8 Å². The molecule has 0 bridgehead atoms. The summed E-state index contributed by atoms with van der Waals surface area (Å²) in [5, 5.41) is 2.05. The van der Waals surface area contributed by atoms with Crippen molar-refractivity contribution in [2.24, 2.45) is 0 Å². The van der Waals surface area contributed by atoms with Gasteiger partial charge in [-0.15, -0.1) is 0 Å². The van der Waals surface area contributed by atoms with Crippen molar-refractivity contribution in [1.82, 2.24) is 5.32 Å². The Morgan fingerprint density at radius 3 is 2.10 bits per heavy atom. The largest absolute Gasteiger partial charge is 0.403 e. The molecule has 0 aromatic rings. The Morgan fingerprint density at radius 1 is 1.30 bits per heavy atom. The van der Waals surface area contributed by atoms with Crippen LogP contribution in [0.15, 0.2) is 0 Å². The number of nitrogens with one attached hydrogen (secondary N) is 1. The summed E-state index contributed by atoms with van der Waals surface area (Å²) in [6, 6.07) is -1.64. The minimum absolute atomic E-state index is 0.176. The first-order chi connectivity index (χ1) is 4.50. The van der Waals surface area contributed by atoms with Gasteiger partial charge in [0, 0.05) is 13.0 Å². The fraction of sp³-hybridized carbons (Fsp3) is 1.00. The van der Waals surface area contributed by atoms with Gasteiger partial charge < -0.3 is 5.32 Å². The van der Waals surface area contributed by atoms with Gasteiger partial charge in [-0.25, -0.2) is 4.39 Å². The zero-order valence-corrected chi connectivity index (χ0v) is 5.08. The van der Waals surface area contributed by atoms with Crippen molar-refractivity contribution < 1.29 is 17.6 Å². The second-order valence-corrected chi connectivity index (χ2v) is 2.34. The third-order valence-electron chi connectivity index (χ3n) is 1.47. The number of hydrogen-bond acceptors (Lipinski definition) is 1. The lowest BCUT2D eigenvalue weighted by molar-refractivity contribution is -0.152. The predicted octanol–water partition coefficient (Wildman–Crippen LogP) is 1.25. The first-order valence-electron chi connectivity index (χ1n) is 2.94. The molecule has 0 saturated carbocycles. The van der Waals surface area contributed by atoms with Crippen LogP contribution in [0.4, 0.5) is 17.6 Å². The fourth-order valence-electron chi connectivity index (χ4n) is 0.942. The van der Waals surface area contributed by atoms with Gasteiger partial charge in [0.15, 0.2) is 0 Å². The van der Waals surface area contributed by atoms with Crippen molar-refractivity contribution in [2.45, 2.75) is 24.8 Å². The highest BCUT2D eigenvalue weighted by Crippen LogP contribution is 2.27. The first-order valence-corrected chi connectivity index (χ1v) is 2.94. The molecule has 0 amide bonds. The van der Waals surface area contributed by atoms with Gasteiger partial charge in [-0.1, -0.05) is 0 Å². The molecule has 0 aromatic heterocycles. The molecule has 60 valence electrons. The maximum Gasteiger partial charge on any atom is 0.403 e. The van der Waals surface area contributed by atoms with Gasteiger partial charge in [0.2, 0.25) is 0 Å². The summed E-state index contributed by atoms with van der Waals surface area (Å²) in [4.78, 5) is 0. The molecule has 0 radical (unpaired) electrons. The highest BCUT2D eigenvalue weighted by Gasteiger charge is 2.44. The lowest BCUT2D eigenvalue weighted by atomic mass is 10.2. The van der Waals surface area contributed by atoms with Crippen LogP contribution < -0.4 is 5.32 Å². The highest BCUT2D eigenvalue weighted by molar-refractivity contribution is 4.86. The van der Waals surface area contributed by atoms with Crippen LogP contribution in [0.25, 0.3) is 0 Å². The van der Waals surface area contributed by atoms with Gasteiger partial charge in [-0.3, -0.25) is 0 Å². The Hall–Kier alpha value is -0.320. The molecule has 1 saturated heterocycles. The summed E-state index contributed by atoms with van der Waals surface area (Å²) >= 11 is 0. The first kappa shape index (κ1) is 7.78. The minimum Gasteiger partial charge on any atom is -0.303 e. The van der Waals surface area contributed by atoms with Crippen molar-refractivity contribution in [1.29, 1.82) is 0 Å². The molecule has 1 unspecified atom stereocenters. The zero-order chi connectivity index (χ0) is 7.78. The predicted molar refractivity (Wildman–Crippen MR) is 27.4 cm³/mol. The SMILES string of the molecule is FC1CN[C@H](C(F)(F)F)C1. The summed E-state index contributed by atoms with van der Waals surface area (Å²) < 4.78 is 47.3. The minimum atomic E-state index is -4.29. The van der Waals surface area contributed by atoms with Crippen molar-refractivity contribution in [3.05, 3.63) is 0 Å². The van der Waals surface area contributed by atoms with Gasteiger partial charge in [0.25, 0.3) is 0 Å². The van der Waals surface area contributed by atoms with Crippen LogP contribution in [-0.4, -0.2) is 24.9 Å². The molecular weight excluding hydrogens is 150 g/mol. The maximum atomic E-state index is 12.1. The summed E-state index contributed by atoms with van der Waals surface area (Å²) in [7, 11) is 0. The highest BCUT2D eigenvalue weighted by atomic mass is 19.4. The van der Waals surface area contributed by atoms with Crippen LogP contribution >= 0.6 is 0 Å². The van der Waals surface area contributed by atoms with E-state index in [-0.39, 0.29) is 6.54 Å². The quantitative estimate of drug-likeness (QED) is 0.522. The molecule has 10 heavy (non-hydrogen) atoms. The Labute approximate surface area is 55.4 Å². The normalized spacial score (nSPS) is 34.8. The van der Waals surface area contributed by atoms with E-state index in [4.69, 9.17) is 0 Å². The van der Waals surface area contributed by atoms with E-state index in [0.29, 0.717) is 0 Å². The molecule has 0 aliphatic carbocycles. The van der Waals surface area contributed by atoms with Gasteiger partial charge in [-0.2, -0.15) is 13.2 Å². The zero-order valence-electron chi connectivity index (χ0n) is 5.08. The maximum absolute atomic E-state index is 12.1. The van der Waals surface area contributed by atoms with E-state index in [2.05, 4.69) is 0 Å². The van der Waals surface area contributed by atoms with E-state index in [9.17, 15) is 17.6 Å². The lowest BCUT2D eigenvalue weighted by Gasteiger charge is -2.13. The molecular formula is C5H7F4N. The molecule has 1 N–H and O–H groups in total. The van der Waals surface area contributed by atoms with Crippen molar-refractivity contribution in [3.63, 3.8) is 0 Å². The van der Waals surface area contributed by atoms with Crippen LogP contribution in [0.2, 0.25) is 0 Å². The van der Waals surface area contributed by atoms with E-state index in [0.717, 1.165) is 0 Å². The summed E-state index contributed by atoms with van der Waals surface area (Å²) in [6.07, 6.45) is -6.07. The van der Waals surface area contributed by atoms with Crippen LogP contribution in [0.3, 0.4) is 0 Å². The number of halogens is 4. The average Bonchev–Trinajstić information content (AvgIpc) is 2.11. The van der Waals surface area contributed by atoms with E-state index in [1.807, 2.05) is 5.32 Å². The molecule has 1 heterocycles. The third-order valence-corrected chi connectivity index (χ3v) is 1.47. The molecule has 1 aliphatic heterocycles. The van der Waals surface area contributed by atoms with E-state index in [1.54, 1.807) is 0 Å². The lowest BCUT2D eigenvalue weighted by Crippen LogP contribution is -2.36. The molecule has 0 spiro atoms. The van der Waals surface area contributed by atoms with Crippen molar-refractivity contribution >= 4 is 0 Å². The fourth-order valence-corrected chi connectivity index (χ4v) is 0.942. The van der Waals surface area contributed by atoms with Crippen LogP contribution in [-0.2, 0) is 0 Å². The summed E-state index contributed by atoms with van der Waals surface area (Å²) in [6.45, 7) is -0.176. The van der Waals surface area contributed by atoms with Gasteiger partial charge in [-0.05, 0) is 0 Å². The van der Waals surface area contributed by atoms with Crippen molar-refractivity contribution in [2.75, 3.05) is 6.54 Å². The standard InChI is InChI=1S/C5H7F4N/c6-3-1-4(10-2-3)5(7,8)9/h3-4,10H,1-2H2/t3?,4-/m0/s1. The van der Waals surface area contributed by atoms with Gasteiger partial charge in [0.05, 0.1) is 0 Å². The monoisotopic (exact) mass is 157 g/mol. The number of hydrogen-bond donors (Lipinski definition) is 1. The smallest absolute Gasteiger partial charge is 0.303 e. The average molecular weight is 157 g/mol. The van der Waals surface area contributed by atoms with Gasteiger partial charge in [0.1, 0.15) is 12.2 Å². The molecule has 0 aromatic carbocycles. The second-order valence-electron chi connectivity index (χ2n) is 2.34. The van der Waals surface area contributed by atoms with Crippen LogP contribution in [0.5, 0.6) is 0 Å². The Kier molecular flexibility index (Phi) is 1.85. The Bertz CT molecular complexity index is 121.